The van der Waals surface area contributed by atoms with Crippen molar-refractivity contribution >= 4 is 44.8 Å². The number of fused-ring (bicyclic) bond motifs is 2. The minimum absolute atomic E-state index is 0.115. The first-order valence-electron chi connectivity index (χ1n) is 10.6. The summed E-state index contributed by atoms with van der Waals surface area (Å²) in [6.07, 6.45) is 4.62. The van der Waals surface area contributed by atoms with E-state index >= 15 is 0 Å². The molecular weight excluding hydrogens is 404 g/mol. The topological polar surface area (TPSA) is 90.4 Å². The molecule has 3 N–H and O–H groups in total. The lowest BCUT2D eigenvalue weighted by Gasteiger charge is -2.10. The number of aryl methyl sites for hydroxylation is 1. The molecule has 7 nitrogen and oxygen atoms in total. The van der Waals surface area contributed by atoms with Gasteiger partial charge in [-0.3, -0.25) is 14.9 Å². The van der Waals surface area contributed by atoms with Crippen molar-refractivity contribution in [1.29, 1.82) is 0 Å². The van der Waals surface area contributed by atoms with Gasteiger partial charge in [-0.1, -0.05) is 18.2 Å². The number of imide groups is 1. The standard InChI is InChI=1S/C25H24N4O3/c1-28(2)10-5-11-29-14-19(17-12-15(30)8-9-21(17)29)23-22(24(31)27-25(23)32)18-13-26-20-7-4-3-6-16(18)20/h3-4,6-9,12-14,26,30H,5,10-11H2,1-2H3,(H,27,31,32). The Morgan fingerprint density at radius 1 is 0.969 bits per heavy atom. The predicted molar refractivity (Wildman–Crippen MR) is 125 cm³/mol. The van der Waals surface area contributed by atoms with Crippen LogP contribution in [0.25, 0.3) is 33.0 Å². The first-order chi connectivity index (χ1) is 15.4. The van der Waals surface area contributed by atoms with Crippen molar-refractivity contribution in [3.8, 4) is 5.75 Å². The number of H-pyrrole nitrogens is 1. The molecule has 1 aliphatic heterocycles. The average molecular weight is 428 g/mol. The maximum Gasteiger partial charge on any atom is 0.259 e. The third-order valence-electron chi connectivity index (χ3n) is 5.93. The number of carbonyl (C=O) groups excluding carboxylic acids is 2. The van der Waals surface area contributed by atoms with Gasteiger partial charge in [-0.25, -0.2) is 0 Å². The Hall–Kier alpha value is -3.84. The first kappa shape index (κ1) is 20.1. The normalized spacial score (nSPS) is 14.3. The molecule has 0 atom stereocenters. The van der Waals surface area contributed by atoms with Crippen LogP contribution in [0, 0.1) is 0 Å². The molecule has 0 radical (unpaired) electrons. The van der Waals surface area contributed by atoms with Crippen LogP contribution in [0.5, 0.6) is 5.75 Å². The number of aromatic nitrogens is 2. The second-order valence-electron chi connectivity index (χ2n) is 8.38. The van der Waals surface area contributed by atoms with E-state index in [-0.39, 0.29) is 5.75 Å². The van der Waals surface area contributed by atoms with Gasteiger partial charge in [0.1, 0.15) is 5.75 Å². The van der Waals surface area contributed by atoms with Gasteiger partial charge in [-0.15, -0.1) is 0 Å². The van der Waals surface area contributed by atoms with Crippen LogP contribution in [0.3, 0.4) is 0 Å². The molecule has 0 saturated carbocycles. The molecule has 0 unspecified atom stereocenters. The van der Waals surface area contributed by atoms with Crippen LogP contribution >= 0.6 is 0 Å². The molecule has 4 aromatic rings. The summed E-state index contributed by atoms with van der Waals surface area (Å²) >= 11 is 0. The van der Waals surface area contributed by atoms with E-state index in [0.717, 1.165) is 41.3 Å². The van der Waals surface area contributed by atoms with E-state index in [1.54, 1.807) is 18.3 Å². The zero-order valence-electron chi connectivity index (χ0n) is 18.0. The highest BCUT2D eigenvalue weighted by Crippen LogP contribution is 2.39. The highest BCUT2D eigenvalue weighted by atomic mass is 16.3. The Kier molecular flexibility index (Phi) is 4.83. The van der Waals surface area contributed by atoms with Crippen molar-refractivity contribution in [3.05, 3.63) is 66.0 Å². The molecule has 0 aliphatic carbocycles. The summed E-state index contributed by atoms with van der Waals surface area (Å²) in [5.41, 5.74) is 3.82. The highest BCUT2D eigenvalue weighted by Gasteiger charge is 2.35. The van der Waals surface area contributed by atoms with Crippen LogP contribution in [0.1, 0.15) is 17.5 Å². The van der Waals surface area contributed by atoms with Gasteiger partial charge in [0, 0.05) is 51.9 Å². The number of carbonyl (C=O) groups is 2. The fourth-order valence-corrected chi connectivity index (χ4v) is 4.47. The van der Waals surface area contributed by atoms with Crippen molar-refractivity contribution in [2.24, 2.45) is 0 Å². The van der Waals surface area contributed by atoms with Crippen LogP contribution in [0.2, 0.25) is 0 Å². The first-order valence-corrected chi connectivity index (χ1v) is 10.6. The molecule has 3 heterocycles. The summed E-state index contributed by atoms with van der Waals surface area (Å²) in [6.45, 7) is 1.68. The number of hydrogen-bond donors (Lipinski definition) is 3. The summed E-state index contributed by atoms with van der Waals surface area (Å²) < 4.78 is 2.09. The minimum atomic E-state index is -0.425. The van der Waals surface area contributed by atoms with Crippen LogP contribution in [0.4, 0.5) is 0 Å². The zero-order valence-corrected chi connectivity index (χ0v) is 18.0. The van der Waals surface area contributed by atoms with Crippen molar-refractivity contribution < 1.29 is 14.7 Å². The number of phenolic OH excluding ortho intramolecular Hbond substituents is 1. The summed E-state index contributed by atoms with van der Waals surface area (Å²) in [5.74, 6) is -0.724. The Labute approximate surface area is 184 Å². The van der Waals surface area contributed by atoms with Gasteiger partial charge in [0.05, 0.1) is 11.1 Å². The summed E-state index contributed by atoms with van der Waals surface area (Å²) in [5, 5.41) is 14.3. The number of aromatic hydroxyl groups is 1. The molecule has 5 rings (SSSR count). The smallest absolute Gasteiger partial charge is 0.259 e. The van der Waals surface area contributed by atoms with Crippen molar-refractivity contribution in [2.75, 3.05) is 20.6 Å². The molecule has 2 amide bonds. The van der Waals surface area contributed by atoms with Crippen LogP contribution in [-0.4, -0.2) is 52.0 Å². The average Bonchev–Trinajstić information content (AvgIpc) is 3.40. The number of amides is 2. The van der Waals surface area contributed by atoms with E-state index in [4.69, 9.17) is 0 Å². The fraction of sp³-hybridized carbons (Fsp3) is 0.200. The third kappa shape index (κ3) is 3.27. The van der Waals surface area contributed by atoms with E-state index in [2.05, 4.69) is 19.8 Å². The number of para-hydroxylation sites is 1. The molecule has 0 spiro atoms. The Bertz CT molecular complexity index is 1410. The number of nitrogens with zero attached hydrogens (tertiary/aromatic N) is 2. The lowest BCUT2D eigenvalue weighted by atomic mass is 9.95. The zero-order chi connectivity index (χ0) is 22.4. The van der Waals surface area contributed by atoms with Crippen molar-refractivity contribution in [2.45, 2.75) is 13.0 Å². The van der Waals surface area contributed by atoms with Gasteiger partial charge in [0.2, 0.25) is 0 Å². The molecule has 0 fully saturated rings. The molecular formula is C25H24N4O3. The van der Waals surface area contributed by atoms with E-state index in [0.29, 0.717) is 22.3 Å². The molecule has 2 aromatic carbocycles. The van der Waals surface area contributed by atoms with Crippen molar-refractivity contribution in [3.63, 3.8) is 0 Å². The van der Waals surface area contributed by atoms with Gasteiger partial charge in [-0.05, 0) is 51.3 Å². The fourth-order valence-electron chi connectivity index (χ4n) is 4.47. The number of aromatic amines is 1. The number of rotatable bonds is 6. The Balaban J connectivity index is 1.72. The molecule has 2 aromatic heterocycles. The van der Waals surface area contributed by atoms with Crippen LogP contribution < -0.4 is 5.32 Å². The number of hydrogen-bond acceptors (Lipinski definition) is 4. The molecule has 7 heteroatoms. The second kappa shape index (κ2) is 7.69. The number of benzene rings is 2. The van der Waals surface area contributed by atoms with Gasteiger partial charge < -0.3 is 19.6 Å². The SMILES string of the molecule is CN(C)CCCn1cc(C2=C(c3c[nH]c4ccccc34)C(=O)NC2=O)c2cc(O)ccc21. The third-order valence-corrected chi connectivity index (χ3v) is 5.93. The molecule has 1 aliphatic rings. The monoisotopic (exact) mass is 428 g/mol. The van der Waals surface area contributed by atoms with Crippen LogP contribution in [0.15, 0.2) is 54.9 Å². The largest absolute Gasteiger partial charge is 0.508 e. The lowest BCUT2D eigenvalue weighted by Crippen LogP contribution is -2.22. The van der Waals surface area contributed by atoms with E-state index in [9.17, 15) is 14.7 Å². The van der Waals surface area contributed by atoms with Gasteiger partial charge >= 0.3 is 0 Å². The Morgan fingerprint density at radius 2 is 1.72 bits per heavy atom. The van der Waals surface area contributed by atoms with Gasteiger partial charge in [0.15, 0.2) is 0 Å². The highest BCUT2D eigenvalue weighted by molar-refractivity contribution is 6.50. The quantitative estimate of drug-likeness (QED) is 0.411. The molecule has 0 bridgehead atoms. The van der Waals surface area contributed by atoms with E-state index in [1.165, 1.54) is 0 Å². The summed E-state index contributed by atoms with van der Waals surface area (Å²) in [7, 11) is 4.06. The predicted octanol–water partition coefficient (Wildman–Crippen LogP) is 3.35. The Morgan fingerprint density at radius 3 is 2.50 bits per heavy atom. The second-order valence-corrected chi connectivity index (χ2v) is 8.38. The molecule has 0 saturated heterocycles. The molecule has 162 valence electrons. The number of nitrogens with one attached hydrogen (secondary N) is 2. The molecule has 32 heavy (non-hydrogen) atoms. The summed E-state index contributed by atoms with van der Waals surface area (Å²) in [6, 6.07) is 12.8. The van der Waals surface area contributed by atoms with E-state index in [1.807, 2.05) is 50.6 Å². The van der Waals surface area contributed by atoms with Gasteiger partial charge in [-0.2, -0.15) is 0 Å². The minimum Gasteiger partial charge on any atom is -0.508 e. The lowest BCUT2D eigenvalue weighted by molar-refractivity contribution is -0.122. The van der Waals surface area contributed by atoms with E-state index < -0.39 is 11.8 Å². The van der Waals surface area contributed by atoms with Crippen molar-refractivity contribution in [1.82, 2.24) is 19.8 Å². The maximum atomic E-state index is 13.0. The summed E-state index contributed by atoms with van der Waals surface area (Å²) in [4.78, 5) is 31.2. The number of phenols is 1. The maximum absolute atomic E-state index is 13.0. The van der Waals surface area contributed by atoms with Crippen LogP contribution in [-0.2, 0) is 16.1 Å². The van der Waals surface area contributed by atoms with Gasteiger partial charge in [0.25, 0.3) is 11.8 Å².